The first-order chi connectivity index (χ1) is 21.8. The Labute approximate surface area is 264 Å². The van der Waals surface area contributed by atoms with Gasteiger partial charge in [-0.2, -0.15) is 0 Å². The third kappa shape index (κ3) is 3.47. The van der Waals surface area contributed by atoms with Crippen LogP contribution in [-0.2, 0) is 0 Å². The number of fused-ring (bicyclic) bond motifs is 4. The van der Waals surface area contributed by atoms with E-state index in [4.69, 9.17) is 0 Å². The topological polar surface area (TPSA) is 0 Å². The smallest absolute Gasteiger partial charge is 0.0128 e. The van der Waals surface area contributed by atoms with Crippen molar-refractivity contribution in [2.75, 3.05) is 0 Å². The largest absolute Gasteiger partial charge is 0.0616 e. The summed E-state index contributed by atoms with van der Waals surface area (Å²) in [6.07, 6.45) is 15.4. The Hall–Kier alpha value is -2.60. The molecule has 4 aromatic carbocycles. The molecule has 0 spiro atoms. The van der Waals surface area contributed by atoms with E-state index in [1.165, 1.54) is 47.2 Å². The van der Waals surface area contributed by atoms with E-state index in [9.17, 15) is 0 Å². The minimum atomic E-state index is 0.816. The fraction of sp³-hybridized carbons (Fsp3) is 0.545. The standard InChI is InChI=1S/C44H48/c1-3-7-27-21-29(11-9-25(27)5-1)39-23-31-13-15-33-36-18-20-38-40(30-12-10-26-6-2-4-8-28(26)22-30)24-32-14-16-34(44(36)42(32)38)35-17-19-37(39)41(31)43(33)35/h1-12,21-22,31-44H,13-20,23-24H2. The van der Waals surface area contributed by atoms with Gasteiger partial charge in [0.2, 0.25) is 0 Å². The summed E-state index contributed by atoms with van der Waals surface area (Å²) < 4.78 is 0. The van der Waals surface area contributed by atoms with Gasteiger partial charge in [-0.3, -0.25) is 0 Å². The lowest BCUT2D eigenvalue weighted by atomic mass is 9.40. The molecular formula is C44H48. The molecule has 0 N–H and O–H groups in total. The van der Waals surface area contributed by atoms with E-state index in [0.717, 1.165) is 82.9 Å². The Morgan fingerprint density at radius 1 is 0.341 bits per heavy atom. The Kier molecular flexibility index (Phi) is 5.50. The van der Waals surface area contributed by atoms with E-state index >= 15 is 0 Å². The van der Waals surface area contributed by atoms with Crippen molar-refractivity contribution in [1.29, 1.82) is 0 Å². The first-order valence-electron chi connectivity index (χ1n) is 18.8. The van der Waals surface area contributed by atoms with E-state index in [-0.39, 0.29) is 0 Å². The molecule has 7 aliphatic carbocycles. The highest BCUT2D eigenvalue weighted by Crippen LogP contribution is 2.73. The van der Waals surface area contributed by atoms with Gasteiger partial charge in [0.15, 0.2) is 0 Å². The zero-order valence-corrected chi connectivity index (χ0v) is 26.2. The van der Waals surface area contributed by atoms with Crippen LogP contribution in [0, 0.1) is 71.0 Å². The Morgan fingerprint density at radius 3 is 1.18 bits per heavy atom. The van der Waals surface area contributed by atoms with Gasteiger partial charge in [-0.25, -0.2) is 0 Å². The monoisotopic (exact) mass is 576 g/mol. The van der Waals surface area contributed by atoms with Gasteiger partial charge in [-0.15, -0.1) is 0 Å². The van der Waals surface area contributed by atoms with Crippen molar-refractivity contribution in [3.63, 3.8) is 0 Å². The van der Waals surface area contributed by atoms with Crippen LogP contribution in [0.4, 0.5) is 0 Å². The van der Waals surface area contributed by atoms with Crippen LogP contribution >= 0.6 is 0 Å². The van der Waals surface area contributed by atoms with E-state index < -0.39 is 0 Å². The molecule has 0 saturated heterocycles. The number of hydrogen-bond donors (Lipinski definition) is 0. The van der Waals surface area contributed by atoms with Crippen molar-refractivity contribution >= 4 is 21.5 Å². The maximum atomic E-state index is 2.59. The second-order valence-electron chi connectivity index (χ2n) is 17.0. The van der Waals surface area contributed by atoms with E-state index in [0.29, 0.717) is 0 Å². The number of benzene rings is 4. The lowest BCUT2D eigenvalue weighted by Gasteiger charge is -2.65. The summed E-state index contributed by atoms with van der Waals surface area (Å²) >= 11 is 0. The van der Waals surface area contributed by atoms with Crippen molar-refractivity contribution in [2.45, 2.75) is 76.0 Å². The van der Waals surface area contributed by atoms with E-state index in [1.54, 1.807) is 49.7 Å². The molecule has 0 heterocycles. The Bertz CT molecular complexity index is 1610. The van der Waals surface area contributed by atoms with Crippen molar-refractivity contribution in [1.82, 2.24) is 0 Å². The summed E-state index contributed by atoms with van der Waals surface area (Å²) in [7, 11) is 0. The molecule has 11 rings (SSSR count). The second kappa shape index (κ2) is 9.47. The zero-order valence-electron chi connectivity index (χ0n) is 26.2. The second-order valence-corrected chi connectivity index (χ2v) is 17.0. The van der Waals surface area contributed by atoms with Crippen LogP contribution < -0.4 is 0 Å². The lowest BCUT2D eigenvalue weighted by molar-refractivity contribution is -0.167. The third-order valence-electron chi connectivity index (χ3n) is 16.0. The summed E-state index contributed by atoms with van der Waals surface area (Å²) in [5, 5.41) is 5.74. The average molecular weight is 577 g/mol. The summed E-state index contributed by atoms with van der Waals surface area (Å²) in [5.41, 5.74) is 3.36. The van der Waals surface area contributed by atoms with Crippen molar-refractivity contribution in [3.05, 3.63) is 96.1 Å². The van der Waals surface area contributed by atoms with Gasteiger partial charge in [-0.05, 0) is 180 Å². The molecular weight excluding hydrogens is 528 g/mol. The van der Waals surface area contributed by atoms with Crippen molar-refractivity contribution in [2.24, 2.45) is 71.0 Å². The van der Waals surface area contributed by atoms with Crippen LogP contribution in [0.3, 0.4) is 0 Å². The SMILES string of the molecule is c1ccc2cc(C3CC4CCC5C6CCC7C(c8ccc9ccccc9c8)CC8CCC(C9CCC3C4C59)C6C87)ccc2c1. The van der Waals surface area contributed by atoms with Gasteiger partial charge >= 0.3 is 0 Å². The van der Waals surface area contributed by atoms with Gasteiger partial charge in [0.05, 0.1) is 0 Å². The van der Waals surface area contributed by atoms with Crippen LogP contribution in [0.1, 0.15) is 87.2 Å². The molecule has 14 unspecified atom stereocenters. The molecule has 0 radical (unpaired) electrons. The predicted octanol–water partition coefficient (Wildman–Crippen LogP) is 11.3. The predicted molar refractivity (Wildman–Crippen MR) is 181 cm³/mol. The maximum absolute atomic E-state index is 2.59. The van der Waals surface area contributed by atoms with Gasteiger partial charge in [0.1, 0.15) is 0 Å². The number of hydrogen-bond acceptors (Lipinski definition) is 0. The fourth-order valence-electron chi connectivity index (χ4n) is 14.9. The highest BCUT2D eigenvalue weighted by atomic mass is 14.7. The minimum absolute atomic E-state index is 0.816. The van der Waals surface area contributed by atoms with Gasteiger partial charge in [-0.1, -0.05) is 84.9 Å². The molecule has 0 aromatic heterocycles. The summed E-state index contributed by atoms with van der Waals surface area (Å²) in [5.74, 6) is 14.0. The average Bonchev–Trinajstić information content (AvgIpc) is 3.66. The summed E-state index contributed by atoms with van der Waals surface area (Å²) in [6, 6.07) is 33.2. The molecule has 44 heavy (non-hydrogen) atoms. The normalized spacial score (nSPS) is 44.8. The first-order valence-corrected chi connectivity index (χ1v) is 18.8. The third-order valence-corrected chi connectivity index (χ3v) is 16.0. The van der Waals surface area contributed by atoms with Crippen molar-refractivity contribution in [3.8, 4) is 0 Å². The molecule has 4 aromatic rings. The molecule has 14 atom stereocenters. The van der Waals surface area contributed by atoms with Gasteiger partial charge in [0.25, 0.3) is 0 Å². The van der Waals surface area contributed by atoms with Crippen LogP contribution in [0.25, 0.3) is 21.5 Å². The van der Waals surface area contributed by atoms with Crippen LogP contribution in [0.5, 0.6) is 0 Å². The molecule has 0 amide bonds. The van der Waals surface area contributed by atoms with E-state index in [1.807, 2.05) is 0 Å². The Morgan fingerprint density at radius 2 is 0.727 bits per heavy atom. The summed E-state index contributed by atoms with van der Waals surface area (Å²) in [4.78, 5) is 0. The van der Waals surface area contributed by atoms with Crippen LogP contribution in [0.15, 0.2) is 84.9 Å². The van der Waals surface area contributed by atoms with E-state index in [2.05, 4.69) is 84.9 Å². The molecule has 0 nitrogen and oxygen atoms in total. The highest BCUT2D eigenvalue weighted by Gasteiger charge is 2.66. The van der Waals surface area contributed by atoms with Gasteiger partial charge < -0.3 is 0 Å². The molecule has 0 aliphatic heterocycles. The van der Waals surface area contributed by atoms with Crippen LogP contribution in [0.2, 0.25) is 0 Å². The number of rotatable bonds is 2. The highest BCUT2D eigenvalue weighted by molar-refractivity contribution is 5.84. The molecule has 7 aliphatic rings. The Balaban J connectivity index is 0.915. The molecule has 224 valence electrons. The maximum Gasteiger partial charge on any atom is -0.0128 e. The molecule has 0 bridgehead atoms. The van der Waals surface area contributed by atoms with Gasteiger partial charge in [0, 0.05) is 0 Å². The molecule has 7 fully saturated rings. The zero-order chi connectivity index (χ0) is 28.5. The quantitative estimate of drug-likeness (QED) is 0.223. The van der Waals surface area contributed by atoms with Crippen LogP contribution in [-0.4, -0.2) is 0 Å². The van der Waals surface area contributed by atoms with Crippen molar-refractivity contribution < 1.29 is 0 Å². The molecule has 7 saturated carbocycles. The summed E-state index contributed by atoms with van der Waals surface area (Å²) in [6.45, 7) is 0. The lowest BCUT2D eigenvalue weighted by Crippen LogP contribution is -2.59. The minimum Gasteiger partial charge on any atom is -0.0616 e. The molecule has 0 heteroatoms. The fourth-order valence-corrected chi connectivity index (χ4v) is 14.9. The first kappa shape index (κ1) is 25.6.